The Kier molecular flexibility index (Phi) is 4.75. The predicted molar refractivity (Wildman–Crippen MR) is 79.7 cm³/mol. The van der Waals surface area contributed by atoms with Gasteiger partial charge in [0.15, 0.2) is 0 Å². The van der Waals surface area contributed by atoms with Crippen molar-refractivity contribution in [3.63, 3.8) is 0 Å². The van der Waals surface area contributed by atoms with Crippen molar-refractivity contribution >= 4 is 5.91 Å². The standard InChI is InChI=1S/C16H26N2O/c1-15(2,3)11-13(12-9-7-6-8-10-12)18-14(19)16(4,5)17/h6-10,13H,11,17H2,1-5H3,(H,18,19). The summed E-state index contributed by atoms with van der Waals surface area (Å²) in [6.07, 6.45) is 0.874. The van der Waals surface area contributed by atoms with Gasteiger partial charge < -0.3 is 11.1 Å². The molecule has 0 fully saturated rings. The van der Waals surface area contributed by atoms with Crippen molar-refractivity contribution < 1.29 is 4.79 Å². The summed E-state index contributed by atoms with van der Waals surface area (Å²) in [5.41, 5.74) is 6.25. The summed E-state index contributed by atoms with van der Waals surface area (Å²) < 4.78 is 0. The van der Waals surface area contributed by atoms with Gasteiger partial charge >= 0.3 is 0 Å². The molecule has 0 bridgehead atoms. The molecule has 0 aliphatic heterocycles. The zero-order valence-corrected chi connectivity index (χ0v) is 12.7. The molecular weight excluding hydrogens is 236 g/mol. The van der Waals surface area contributed by atoms with E-state index in [1.54, 1.807) is 13.8 Å². The summed E-state index contributed by atoms with van der Waals surface area (Å²) in [5.74, 6) is -0.120. The molecular formula is C16H26N2O. The molecule has 0 aliphatic carbocycles. The highest BCUT2D eigenvalue weighted by Crippen LogP contribution is 2.29. The smallest absolute Gasteiger partial charge is 0.239 e. The lowest BCUT2D eigenvalue weighted by atomic mass is 9.85. The average molecular weight is 262 g/mol. The minimum Gasteiger partial charge on any atom is -0.348 e. The molecule has 1 atom stereocenters. The van der Waals surface area contributed by atoms with Crippen LogP contribution in [-0.4, -0.2) is 11.4 Å². The Balaban J connectivity index is 2.91. The van der Waals surface area contributed by atoms with Crippen LogP contribution >= 0.6 is 0 Å². The van der Waals surface area contributed by atoms with Crippen molar-refractivity contribution in [1.29, 1.82) is 0 Å². The van der Waals surface area contributed by atoms with Gasteiger partial charge in [0.1, 0.15) is 0 Å². The molecule has 0 heterocycles. The molecule has 0 aliphatic rings. The van der Waals surface area contributed by atoms with Crippen LogP contribution in [-0.2, 0) is 4.79 Å². The number of hydrogen-bond acceptors (Lipinski definition) is 2. The molecule has 1 aromatic rings. The van der Waals surface area contributed by atoms with Gasteiger partial charge in [-0.3, -0.25) is 4.79 Å². The molecule has 0 saturated carbocycles. The van der Waals surface area contributed by atoms with Crippen LogP contribution in [0.5, 0.6) is 0 Å². The fourth-order valence-corrected chi connectivity index (χ4v) is 1.89. The minimum atomic E-state index is -0.856. The Hall–Kier alpha value is -1.35. The first-order chi connectivity index (χ1) is 8.59. The second-order valence-electron chi connectivity index (χ2n) is 6.92. The van der Waals surface area contributed by atoms with Crippen LogP contribution in [0, 0.1) is 5.41 Å². The van der Waals surface area contributed by atoms with Gasteiger partial charge in [-0.15, -0.1) is 0 Å². The first kappa shape index (κ1) is 15.7. The van der Waals surface area contributed by atoms with E-state index >= 15 is 0 Å². The molecule has 3 nitrogen and oxygen atoms in total. The third-order valence-electron chi connectivity index (χ3n) is 2.91. The maximum Gasteiger partial charge on any atom is 0.239 e. The summed E-state index contributed by atoms with van der Waals surface area (Å²) in [6, 6.07) is 10.0. The SMILES string of the molecule is CC(C)(C)CC(NC(=O)C(C)(C)N)c1ccccc1. The van der Waals surface area contributed by atoms with E-state index in [1.807, 2.05) is 30.3 Å². The van der Waals surface area contributed by atoms with Gasteiger partial charge in [-0.2, -0.15) is 0 Å². The first-order valence-electron chi connectivity index (χ1n) is 6.74. The van der Waals surface area contributed by atoms with E-state index in [1.165, 1.54) is 0 Å². The van der Waals surface area contributed by atoms with Crippen LogP contribution < -0.4 is 11.1 Å². The maximum absolute atomic E-state index is 12.1. The summed E-state index contributed by atoms with van der Waals surface area (Å²) in [7, 11) is 0. The van der Waals surface area contributed by atoms with Crippen LogP contribution in [0.2, 0.25) is 0 Å². The minimum absolute atomic E-state index is 0.00322. The van der Waals surface area contributed by atoms with Gasteiger partial charge in [-0.25, -0.2) is 0 Å². The van der Waals surface area contributed by atoms with Crippen LogP contribution in [0.1, 0.15) is 52.6 Å². The fraction of sp³-hybridized carbons (Fsp3) is 0.562. The fourth-order valence-electron chi connectivity index (χ4n) is 1.89. The number of hydrogen-bond donors (Lipinski definition) is 2. The van der Waals surface area contributed by atoms with Gasteiger partial charge in [0.2, 0.25) is 5.91 Å². The Bertz CT molecular complexity index is 413. The van der Waals surface area contributed by atoms with E-state index in [2.05, 4.69) is 26.1 Å². The van der Waals surface area contributed by atoms with Crippen molar-refractivity contribution in [3.8, 4) is 0 Å². The molecule has 1 rings (SSSR count). The number of carbonyl (C=O) groups excluding carboxylic acids is 1. The van der Waals surface area contributed by atoms with E-state index in [0.29, 0.717) is 0 Å². The average Bonchev–Trinajstić information content (AvgIpc) is 2.26. The van der Waals surface area contributed by atoms with Crippen molar-refractivity contribution in [2.24, 2.45) is 11.1 Å². The number of benzene rings is 1. The van der Waals surface area contributed by atoms with Crippen LogP contribution in [0.15, 0.2) is 30.3 Å². The summed E-state index contributed by atoms with van der Waals surface area (Å²) >= 11 is 0. The molecule has 106 valence electrons. The maximum atomic E-state index is 12.1. The number of amides is 1. The van der Waals surface area contributed by atoms with Crippen molar-refractivity contribution in [1.82, 2.24) is 5.32 Å². The van der Waals surface area contributed by atoms with Crippen molar-refractivity contribution in [2.45, 2.75) is 52.6 Å². The lowest BCUT2D eigenvalue weighted by Gasteiger charge is -2.29. The largest absolute Gasteiger partial charge is 0.348 e. The molecule has 19 heavy (non-hydrogen) atoms. The number of carbonyl (C=O) groups is 1. The Morgan fingerprint density at radius 3 is 2.11 bits per heavy atom. The van der Waals surface area contributed by atoms with Crippen molar-refractivity contribution in [2.75, 3.05) is 0 Å². The summed E-state index contributed by atoms with van der Waals surface area (Å²) in [6.45, 7) is 9.96. The Morgan fingerprint density at radius 1 is 1.16 bits per heavy atom. The second-order valence-corrected chi connectivity index (χ2v) is 6.92. The van der Waals surface area contributed by atoms with Crippen LogP contribution in [0.4, 0.5) is 0 Å². The van der Waals surface area contributed by atoms with E-state index < -0.39 is 5.54 Å². The molecule has 3 N–H and O–H groups in total. The highest BCUT2D eigenvalue weighted by atomic mass is 16.2. The summed E-state index contributed by atoms with van der Waals surface area (Å²) in [4.78, 5) is 12.1. The number of nitrogens with two attached hydrogens (primary N) is 1. The normalized spacial score (nSPS) is 14.0. The van der Waals surface area contributed by atoms with E-state index in [4.69, 9.17) is 5.73 Å². The topological polar surface area (TPSA) is 55.1 Å². The van der Waals surface area contributed by atoms with Crippen LogP contribution in [0.25, 0.3) is 0 Å². The predicted octanol–water partition coefficient (Wildman–Crippen LogP) is 3.02. The van der Waals surface area contributed by atoms with Crippen molar-refractivity contribution in [3.05, 3.63) is 35.9 Å². The van der Waals surface area contributed by atoms with Gasteiger partial charge in [0.25, 0.3) is 0 Å². The molecule has 3 heteroatoms. The second kappa shape index (κ2) is 5.74. The zero-order chi connectivity index (χ0) is 14.7. The monoisotopic (exact) mass is 262 g/mol. The molecule has 1 amide bonds. The molecule has 0 spiro atoms. The van der Waals surface area contributed by atoms with Gasteiger partial charge in [0.05, 0.1) is 11.6 Å². The van der Waals surface area contributed by atoms with Gasteiger partial charge in [-0.05, 0) is 31.2 Å². The van der Waals surface area contributed by atoms with E-state index in [0.717, 1.165) is 12.0 Å². The Morgan fingerprint density at radius 2 is 1.68 bits per heavy atom. The lowest BCUT2D eigenvalue weighted by Crippen LogP contribution is -2.50. The number of nitrogens with one attached hydrogen (secondary N) is 1. The molecule has 0 aromatic heterocycles. The zero-order valence-electron chi connectivity index (χ0n) is 12.7. The number of rotatable bonds is 4. The third kappa shape index (κ3) is 5.43. The molecule has 0 radical (unpaired) electrons. The van der Waals surface area contributed by atoms with Crippen LogP contribution in [0.3, 0.4) is 0 Å². The Labute approximate surface area is 116 Å². The summed E-state index contributed by atoms with van der Waals surface area (Å²) in [5, 5.41) is 3.07. The molecule has 1 unspecified atom stereocenters. The third-order valence-corrected chi connectivity index (χ3v) is 2.91. The van der Waals surface area contributed by atoms with Gasteiger partial charge in [-0.1, -0.05) is 51.1 Å². The van der Waals surface area contributed by atoms with Gasteiger partial charge in [0, 0.05) is 0 Å². The highest BCUT2D eigenvalue weighted by Gasteiger charge is 2.27. The van der Waals surface area contributed by atoms with E-state index in [-0.39, 0.29) is 17.4 Å². The first-order valence-corrected chi connectivity index (χ1v) is 6.74. The molecule has 1 aromatic carbocycles. The molecule has 0 saturated heterocycles. The lowest BCUT2D eigenvalue weighted by molar-refractivity contribution is -0.126. The van der Waals surface area contributed by atoms with E-state index in [9.17, 15) is 4.79 Å². The quantitative estimate of drug-likeness (QED) is 0.876. The highest BCUT2D eigenvalue weighted by molar-refractivity contribution is 5.85.